The Kier molecular flexibility index (Phi) is 13.1. The van der Waals surface area contributed by atoms with E-state index in [2.05, 4.69) is 19.3 Å². The molecule has 0 heterocycles. The quantitative estimate of drug-likeness (QED) is 0.496. The van der Waals surface area contributed by atoms with Crippen molar-refractivity contribution in [3.63, 3.8) is 0 Å². The van der Waals surface area contributed by atoms with Crippen LogP contribution in [0.1, 0.15) is 84.0 Å². The minimum Gasteiger partial charge on any atom is -0.354 e. The van der Waals surface area contributed by atoms with Crippen LogP contribution in [0.5, 0.6) is 0 Å². The normalized spacial score (nSPS) is 10.5. The van der Waals surface area contributed by atoms with E-state index in [-0.39, 0.29) is 5.91 Å². The predicted molar refractivity (Wildman–Crippen MR) is 74.6 cm³/mol. The lowest BCUT2D eigenvalue weighted by Gasteiger charge is -2.02. The molecule has 0 unspecified atom stereocenters. The molecule has 101 valence electrons. The van der Waals surface area contributed by atoms with Crippen LogP contribution in [0.25, 0.3) is 0 Å². The van der Waals surface area contributed by atoms with Gasteiger partial charge in [0.2, 0.25) is 5.91 Å². The second-order valence-electron chi connectivity index (χ2n) is 4.89. The maximum absolute atomic E-state index is 10.9. The molecule has 0 bridgehead atoms. The Morgan fingerprint density at radius 2 is 1.24 bits per heavy atom. The molecule has 0 saturated carbocycles. The molecule has 0 aromatic rings. The highest BCUT2D eigenvalue weighted by Crippen LogP contribution is 2.11. The van der Waals surface area contributed by atoms with Crippen molar-refractivity contribution in [3.05, 3.63) is 7.05 Å². The van der Waals surface area contributed by atoms with E-state index in [0.29, 0.717) is 6.42 Å². The van der Waals surface area contributed by atoms with Gasteiger partial charge >= 0.3 is 0 Å². The van der Waals surface area contributed by atoms with Crippen LogP contribution in [0.2, 0.25) is 0 Å². The van der Waals surface area contributed by atoms with Gasteiger partial charge in [-0.25, -0.2) is 0 Å². The van der Waals surface area contributed by atoms with Gasteiger partial charge in [-0.1, -0.05) is 71.1 Å². The van der Waals surface area contributed by atoms with Gasteiger partial charge in [0.15, 0.2) is 0 Å². The van der Waals surface area contributed by atoms with Gasteiger partial charge < -0.3 is 5.32 Å². The monoisotopic (exact) mass is 240 g/mol. The molecule has 0 aromatic heterocycles. The first-order chi connectivity index (χ1) is 8.31. The van der Waals surface area contributed by atoms with Crippen LogP contribution in [-0.2, 0) is 4.79 Å². The summed E-state index contributed by atoms with van der Waals surface area (Å²) < 4.78 is 0. The minimum absolute atomic E-state index is 0.0703. The second kappa shape index (κ2) is 13.5. The molecule has 0 saturated heterocycles. The van der Waals surface area contributed by atoms with Crippen LogP contribution >= 0.6 is 0 Å². The van der Waals surface area contributed by atoms with Crippen molar-refractivity contribution in [1.82, 2.24) is 5.32 Å². The third-order valence-electron chi connectivity index (χ3n) is 3.20. The molecule has 0 aliphatic carbocycles. The third-order valence-corrected chi connectivity index (χ3v) is 3.20. The van der Waals surface area contributed by atoms with Gasteiger partial charge in [0.05, 0.1) is 0 Å². The van der Waals surface area contributed by atoms with Gasteiger partial charge in [-0.3, -0.25) is 4.79 Å². The van der Waals surface area contributed by atoms with Crippen molar-refractivity contribution in [2.45, 2.75) is 84.0 Å². The summed E-state index contributed by atoms with van der Waals surface area (Å²) in [6.45, 7) is 2.26. The molecule has 0 aliphatic rings. The summed E-state index contributed by atoms with van der Waals surface area (Å²) in [7, 11) is 3.36. The van der Waals surface area contributed by atoms with Gasteiger partial charge in [0, 0.05) is 13.5 Å². The standard InChI is InChI=1S/C15H30NO/c1-3-4-5-6-7-8-9-10-11-12-13-14-15(17)16-2/h2-14H2,1H3,(H,16,17). The van der Waals surface area contributed by atoms with E-state index in [0.717, 1.165) is 6.42 Å². The molecule has 0 spiro atoms. The first kappa shape index (κ1) is 16.5. The zero-order valence-corrected chi connectivity index (χ0v) is 11.6. The van der Waals surface area contributed by atoms with E-state index in [1.54, 1.807) is 0 Å². The second-order valence-corrected chi connectivity index (χ2v) is 4.89. The lowest BCUT2D eigenvalue weighted by molar-refractivity contribution is -0.120. The summed E-state index contributed by atoms with van der Waals surface area (Å²) in [4.78, 5) is 10.9. The van der Waals surface area contributed by atoms with Crippen LogP contribution < -0.4 is 5.32 Å². The number of rotatable bonds is 12. The molecule has 0 aromatic carbocycles. The summed E-state index contributed by atoms with van der Waals surface area (Å²) in [5.41, 5.74) is 0. The van der Waals surface area contributed by atoms with Crippen molar-refractivity contribution in [3.8, 4) is 0 Å². The highest BCUT2D eigenvalue weighted by molar-refractivity contribution is 5.75. The smallest absolute Gasteiger partial charge is 0.220 e. The summed E-state index contributed by atoms with van der Waals surface area (Å²) in [6.07, 6.45) is 15.2. The fourth-order valence-electron chi connectivity index (χ4n) is 2.04. The zero-order valence-electron chi connectivity index (χ0n) is 11.6. The van der Waals surface area contributed by atoms with Crippen LogP contribution in [-0.4, -0.2) is 5.91 Å². The number of carbonyl (C=O) groups excluding carboxylic acids is 1. The Bertz CT molecular complexity index is 168. The predicted octanol–water partition coefficient (Wildman–Crippen LogP) is 4.60. The number of nitrogens with one attached hydrogen (secondary N) is 1. The summed E-state index contributed by atoms with van der Waals surface area (Å²) in [6, 6.07) is 0. The first-order valence-corrected chi connectivity index (χ1v) is 7.37. The largest absolute Gasteiger partial charge is 0.354 e. The first-order valence-electron chi connectivity index (χ1n) is 7.37. The molecule has 1 N–H and O–H groups in total. The van der Waals surface area contributed by atoms with Gasteiger partial charge in [0.25, 0.3) is 0 Å². The molecule has 2 nitrogen and oxygen atoms in total. The average molecular weight is 240 g/mol. The Labute approximate surface area is 108 Å². The molecule has 0 fully saturated rings. The van der Waals surface area contributed by atoms with Crippen molar-refractivity contribution in [2.75, 3.05) is 0 Å². The lowest BCUT2D eigenvalue weighted by Crippen LogP contribution is -2.14. The highest BCUT2D eigenvalue weighted by Gasteiger charge is 1.97. The molecule has 0 atom stereocenters. The number of hydrogen-bond acceptors (Lipinski definition) is 1. The molecular weight excluding hydrogens is 210 g/mol. The fraction of sp³-hybridized carbons (Fsp3) is 0.867. The maximum Gasteiger partial charge on any atom is 0.220 e. The molecule has 2 heteroatoms. The molecule has 17 heavy (non-hydrogen) atoms. The molecule has 1 radical (unpaired) electrons. The third kappa shape index (κ3) is 13.4. The van der Waals surface area contributed by atoms with Gasteiger partial charge in [-0.15, -0.1) is 0 Å². The number of unbranched alkanes of at least 4 members (excludes halogenated alkanes) is 10. The lowest BCUT2D eigenvalue weighted by atomic mass is 10.1. The van der Waals surface area contributed by atoms with Gasteiger partial charge in [-0.05, 0) is 6.42 Å². The molecular formula is C15H30NO. The van der Waals surface area contributed by atoms with Crippen LogP contribution in [0.3, 0.4) is 0 Å². The minimum atomic E-state index is 0.0703. The summed E-state index contributed by atoms with van der Waals surface area (Å²) in [5, 5.41) is 2.41. The maximum atomic E-state index is 10.9. The fourth-order valence-corrected chi connectivity index (χ4v) is 2.04. The van der Waals surface area contributed by atoms with E-state index >= 15 is 0 Å². The Balaban J connectivity index is 2.96. The van der Waals surface area contributed by atoms with Crippen LogP contribution in [0.15, 0.2) is 0 Å². The van der Waals surface area contributed by atoms with Gasteiger partial charge in [0.1, 0.15) is 0 Å². The number of hydrogen-bond donors (Lipinski definition) is 1. The number of carbonyl (C=O) groups is 1. The van der Waals surface area contributed by atoms with Crippen molar-refractivity contribution >= 4 is 5.91 Å². The Morgan fingerprint density at radius 3 is 1.65 bits per heavy atom. The van der Waals surface area contributed by atoms with E-state index in [1.807, 2.05) is 0 Å². The Morgan fingerprint density at radius 1 is 0.824 bits per heavy atom. The van der Waals surface area contributed by atoms with E-state index in [9.17, 15) is 4.79 Å². The van der Waals surface area contributed by atoms with Crippen molar-refractivity contribution < 1.29 is 4.79 Å². The van der Waals surface area contributed by atoms with Crippen LogP contribution in [0, 0.1) is 7.05 Å². The van der Waals surface area contributed by atoms with Gasteiger partial charge in [-0.2, -0.15) is 0 Å². The van der Waals surface area contributed by atoms with Crippen molar-refractivity contribution in [2.24, 2.45) is 0 Å². The summed E-state index contributed by atoms with van der Waals surface area (Å²) in [5.74, 6) is 0.0703. The Hall–Kier alpha value is -0.530. The SMILES string of the molecule is [CH2]NC(=O)CCCCCCCCCCCCC. The topological polar surface area (TPSA) is 29.1 Å². The van der Waals surface area contributed by atoms with E-state index in [1.165, 1.54) is 64.2 Å². The van der Waals surface area contributed by atoms with E-state index < -0.39 is 0 Å². The molecule has 0 rings (SSSR count). The van der Waals surface area contributed by atoms with Crippen LogP contribution in [0.4, 0.5) is 0 Å². The summed E-state index contributed by atoms with van der Waals surface area (Å²) >= 11 is 0. The highest BCUT2D eigenvalue weighted by atomic mass is 16.1. The van der Waals surface area contributed by atoms with E-state index in [4.69, 9.17) is 0 Å². The van der Waals surface area contributed by atoms with Crippen molar-refractivity contribution in [1.29, 1.82) is 0 Å². The average Bonchev–Trinajstić information content (AvgIpc) is 2.35. The molecule has 0 aliphatic heterocycles. The zero-order chi connectivity index (χ0) is 12.8. The molecule has 1 amide bonds. The number of amides is 1.